The minimum atomic E-state index is -4.55. The molecule has 0 radical (unpaired) electrons. The zero-order valence-electron chi connectivity index (χ0n) is 10.4. The number of carbonyl (C=O) groups is 1. The molecule has 0 fully saturated rings. The lowest BCUT2D eigenvalue weighted by Crippen LogP contribution is -2.14. The highest BCUT2D eigenvalue weighted by Crippen LogP contribution is 2.29. The molecule has 0 aliphatic rings. The molecule has 0 spiro atoms. The van der Waals surface area contributed by atoms with Gasteiger partial charge in [0.05, 0.1) is 5.56 Å². The third-order valence-electron chi connectivity index (χ3n) is 2.66. The van der Waals surface area contributed by atoms with E-state index in [1.807, 2.05) is 0 Å². The summed E-state index contributed by atoms with van der Waals surface area (Å²) >= 11 is 0. The molecule has 0 bridgehead atoms. The lowest BCUT2D eigenvalue weighted by molar-refractivity contribution is -0.137. The number of halogens is 4. The molecule has 2 rings (SSSR count). The summed E-state index contributed by atoms with van der Waals surface area (Å²) in [7, 11) is 0. The van der Waals surface area contributed by atoms with Gasteiger partial charge in [0.15, 0.2) is 11.6 Å². The third-order valence-corrected chi connectivity index (χ3v) is 2.66. The Balaban J connectivity index is 2.22. The molecule has 0 aromatic heterocycles. The minimum Gasteiger partial charge on any atom is -0.505 e. The smallest absolute Gasteiger partial charge is 0.416 e. The summed E-state index contributed by atoms with van der Waals surface area (Å²) in [5.74, 6) is -2.35. The van der Waals surface area contributed by atoms with Crippen LogP contribution >= 0.6 is 0 Å². The van der Waals surface area contributed by atoms with Crippen molar-refractivity contribution in [3.8, 4) is 5.75 Å². The Morgan fingerprint density at radius 1 is 1.10 bits per heavy atom. The van der Waals surface area contributed by atoms with Gasteiger partial charge in [-0.25, -0.2) is 4.39 Å². The number of hydrogen-bond acceptors (Lipinski definition) is 2. The Morgan fingerprint density at radius 2 is 1.81 bits per heavy atom. The van der Waals surface area contributed by atoms with Crippen LogP contribution in [0.1, 0.15) is 15.9 Å². The van der Waals surface area contributed by atoms with Gasteiger partial charge in [0.2, 0.25) is 0 Å². The van der Waals surface area contributed by atoms with E-state index in [0.717, 1.165) is 24.3 Å². The van der Waals surface area contributed by atoms with Crippen LogP contribution in [0.5, 0.6) is 5.75 Å². The maximum absolute atomic E-state index is 13.1. The first kappa shape index (κ1) is 14.8. The molecule has 2 N–H and O–H groups in total. The van der Waals surface area contributed by atoms with E-state index in [1.165, 1.54) is 12.1 Å². The molecule has 2 aromatic carbocycles. The summed E-state index contributed by atoms with van der Waals surface area (Å²) in [6.45, 7) is 0. The van der Waals surface area contributed by atoms with E-state index >= 15 is 0 Å². The maximum Gasteiger partial charge on any atom is 0.416 e. The fourth-order valence-electron chi connectivity index (χ4n) is 1.62. The van der Waals surface area contributed by atoms with Crippen LogP contribution in [0.25, 0.3) is 0 Å². The first-order valence-electron chi connectivity index (χ1n) is 5.74. The van der Waals surface area contributed by atoms with Crippen LogP contribution in [0.4, 0.5) is 23.2 Å². The van der Waals surface area contributed by atoms with Crippen molar-refractivity contribution in [1.29, 1.82) is 0 Å². The summed E-state index contributed by atoms with van der Waals surface area (Å²) in [6, 6.07) is 6.97. The standard InChI is InChI=1S/C14H9F4NO2/c15-11-7-10(4-5-12(11)20)19-13(21)8-2-1-3-9(6-8)14(16,17)18/h1-7,20H,(H,19,21). The van der Waals surface area contributed by atoms with Crippen LogP contribution in [-0.2, 0) is 6.18 Å². The number of alkyl halides is 3. The largest absolute Gasteiger partial charge is 0.505 e. The number of nitrogens with one attached hydrogen (secondary N) is 1. The Kier molecular flexibility index (Phi) is 3.84. The molecule has 0 heterocycles. The maximum atomic E-state index is 13.1. The summed E-state index contributed by atoms with van der Waals surface area (Å²) in [6.07, 6.45) is -4.55. The molecule has 7 heteroatoms. The average molecular weight is 299 g/mol. The van der Waals surface area contributed by atoms with Gasteiger partial charge < -0.3 is 10.4 Å². The SMILES string of the molecule is O=C(Nc1ccc(O)c(F)c1)c1cccc(C(F)(F)F)c1. The minimum absolute atomic E-state index is 0.0210. The molecular formula is C14H9F4NO2. The van der Waals surface area contributed by atoms with Gasteiger partial charge in [-0.1, -0.05) is 6.07 Å². The quantitative estimate of drug-likeness (QED) is 0.654. The normalized spacial score (nSPS) is 11.2. The zero-order valence-corrected chi connectivity index (χ0v) is 10.4. The Labute approximate surface area is 116 Å². The molecule has 0 saturated heterocycles. The lowest BCUT2D eigenvalue weighted by Gasteiger charge is -2.09. The molecule has 0 aliphatic carbocycles. The Hall–Kier alpha value is -2.57. The van der Waals surface area contributed by atoms with Crippen molar-refractivity contribution >= 4 is 11.6 Å². The number of anilines is 1. The molecule has 21 heavy (non-hydrogen) atoms. The number of amides is 1. The Morgan fingerprint density at radius 3 is 2.43 bits per heavy atom. The highest BCUT2D eigenvalue weighted by atomic mass is 19.4. The topological polar surface area (TPSA) is 49.3 Å². The van der Waals surface area contributed by atoms with Gasteiger partial charge in [0, 0.05) is 17.3 Å². The van der Waals surface area contributed by atoms with Crippen molar-refractivity contribution in [2.45, 2.75) is 6.18 Å². The van der Waals surface area contributed by atoms with Gasteiger partial charge in [-0.3, -0.25) is 4.79 Å². The van der Waals surface area contributed by atoms with E-state index < -0.39 is 29.2 Å². The van der Waals surface area contributed by atoms with Crippen LogP contribution in [0.2, 0.25) is 0 Å². The highest BCUT2D eigenvalue weighted by molar-refractivity contribution is 6.04. The van der Waals surface area contributed by atoms with E-state index in [-0.39, 0.29) is 11.3 Å². The van der Waals surface area contributed by atoms with E-state index in [2.05, 4.69) is 5.32 Å². The molecule has 0 saturated carbocycles. The van der Waals surface area contributed by atoms with Crippen molar-refractivity contribution in [2.75, 3.05) is 5.32 Å². The van der Waals surface area contributed by atoms with E-state index in [9.17, 15) is 22.4 Å². The number of carbonyl (C=O) groups excluding carboxylic acids is 1. The summed E-state index contributed by atoms with van der Waals surface area (Å²) in [5.41, 5.74) is -1.14. The van der Waals surface area contributed by atoms with Gasteiger partial charge in [0.1, 0.15) is 0 Å². The van der Waals surface area contributed by atoms with Crippen LogP contribution in [-0.4, -0.2) is 11.0 Å². The second-order valence-electron chi connectivity index (χ2n) is 4.20. The van der Waals surface area contributed by atoms with E-state index in [1.54, 1.807) is 0 Å². The van der Waals surface area contributed by atoms with Crippen molar-refractivity contribution in [1.82, 2.24) is 0 Å². The van der Waals surface area contributed by atoms with Crippen LogP contribution < -0.4 is 5.32 Å². The fourth-order valence-corrected chi connectivity index (χ4v) is 1.62. The van der Waals surface area contributed by atoms with Gasteiger partial charge >= 0.3 is 6.18 Å². The number of benzene rings is 2. The van der Waals surface area contributed by atoms with E-state index in [0.29, 0.717) is 6.07 Å². The number of phenolic OH excluding ortho intramolecular Hbond substituents is 1. The molecule has 0 unspecified atom stereocenters. The summed E-state index contributed by atoms with van der Waals surface area (Å²) in [4.78, 5) is 11.8. The second kappa shape index (κ2) is 5.43. The number of hydrogen-bond donors (Lipinski definition) is 2. The van der Waals surface area contributed by atoms with Crippen LogP contribution in [0.15, 0.2) is 42.5 Å². The number of rotatable bonds is 2. The molecule has 0 atom stereocenters. The van der Waals surface area contributed by atoms with Gasteiger partial charge in [-0.2, -0.15) is 13.2 Å². The van der Waals surface area contributed by atoms with Crippen molar-refractivity contribution < 1.29 is 27.5 Å². The number of phenols is 1. The van der Waals surface area contributed by atoms with Crippen LogP contribution in [0.3, 0.4) is 0 Å². The van der Waals surface area contributed by atoms with Crippen molar-refractivity contribution in [3.05, 3.63) is 59.4 Å². The first-order valence-corrected chi connectivity index (χ1v) is 5.74. The second-order valence-corrected chi connectivity index (χ2v) is 4.20. The molecule has 0 aliphatic heterocycles. The van der Waals surface area contributed by atoms with Gasteiger partial charge in [-0.15, -0.1) is 0 Å². The molecule has 110 valence electrons. The van der Waals surface area contributed by atoms with Gasteiger partial charge in [-0.05, 0) is 30.3 Å². The highest BCUT2D eigenvalue weighted by Gasteiger charge is 2.30. The van der Waals surface area contributed by atoms with Crippen molar-refractivity contribution in [3.63, 3.8) is 0 Å². The van der Waals surface area contributed by atoms with E-state index in [4.69, 9.17) is 5.11 Å². The number of aromatic hydroxyl groups is 1. The third kappa shape index (κ3) is 3.50. The molecular weight excluding hydrogens is 290 g/mol. The fraction of sp³-hybridized carbons (Fsp3) is 0.0714. The van der Waals surface area contributed by atoms with Crippen LogP contribution in [0, 0.1) is 5.82 Å². The summed E-state index contributed by atoms with van der Waals surface area (Å²) in [5, 5.41) is 11.3. The van der Waals surface area contributed by atoms with Crippen molar-refractivity contribution in [2.24, 2.45) is 0 Å². The molecule has 2 aromatic rings. The Bertz CT molecular complexity index is 683. The first-order chi connectivity index (χ1) is 9.77. The molecule has 1 amide bonds. The lowest BCUT2D eigenvalue weighted by atomic mass is 10.1. The predicted molar refractivity (Wildman–Crippen MR) is 67.5 cm³/mol. The summed E-state index contributed by atoms with van der Waals surface area (Å²) < 4.78 is 50.7. The zero-order chi connectivity index (χ0) is 15.6. The molecule has 3 nitrogen and oxygen atoms in total. The monoisotopic (exact) mass is 299 g/mol. The van der Waals surface area contributed by atoms with Gasteiger partial charge in [0.25, 0.3) is 5.91 Å². The predicted octanol–water partition coefficient (Wildman–Crippen LogP) is 3.80. The average Bonchev–Trinajstić information content (AvgIpc) is 2.42.